The van der Waals surface area contributed by atoms with Gasteiger partial charge in [0.1, 0.15) is 5.60 Å². The molecule has 0 fully saturated rings. The van der Waals surface area contributed by atoms with Crippen molar-refractivity contribution in [2.75, 3.05) is 20.3 Å². The van der Waals surface area contributed by atoms with E-state index in [1.807, 2.05) is 54.6 Å². The van der Waals surface area contributed by atoms with Gasteiger partial charge in [-0.05, 0) is 23.1 Å². The molecule has 31 heavy (non-hydrogen) atoms. The summed E-state index contributed by atoms with van der Waals surface area (Å²) >= 11 is 0. The summed E-state index contributed by atoms with van der Waals surface area (Å²) in [7, 11) is 1.11. The number of carbonyl (C=O) groups excluding carboxylic acids is 1. The molecule has 4 nitrogen and oxygen atoms in total. The van der Waals surface area contributed by atoms with E-state index in [9.17, 15) is 4.79 Å². The van der Waals surface area contributed by atoms with Crippen LogP contribution < -0.4 is 0 Å². The van der Waals surface area contributed by atoms with Crippen LogP contribution in [-0.2, 0) is 19.8 Å². The van der Waals surface area contributed by atoms with Crippen LogP contribution in [0.4, 0.5) is 4.79 Å². The first kappa shape index (κ1) is 19.4. The van der Waals surface area contributed by atoms with Crippen molar-refractivity contribution in [3.63, 3.8) is 0 Å². The topological polar surface area (TPSA) is 44.8 Å². The van der Waals surface area contributed by atoms with Crippen molar-refractivity contribution in [3.05, 3.63) is 108 Å². The predicted molar refractivity (Wildman–Crippen MR) is 121 cm³/mol. The zero-order valence-electron chi connectivity index (χ0n) is 19.4. The third-order valence-electron chi connectivity index (χ3n) is 4.75. The maximum absolute atomic E-state index is 11.1. The molecule has 0 atom stereocenters. The molecule has 3 aromatic carbocycles. The van der Waals surface area contributed by atoms with E-state index in [0.717, 1.165) is 23.8 Å². The van der Waals surface area contributed by atoms with Crippen molar-refractivity contribution in [3.8, 4) is 11.8 Å². The molecule has 4 heteroatoms. The smallest absolute Gasteiger partial charge is 0.438 e. The van der Waals surface area contributed by atoms with Crippen molar-refractivity contribution < 1.29 is 21.7 Å². The fourth-order valence-corrected chi connectivity index (χ4v) is 3.36. The summed E-state index contributed by atoms with van der Waals surface area (Å²) in [4.78, 5) is 11.1. The summed E-state index contributed by atoms with van der Waals surface area (Å²) in [5.74, 6) is 5.04. The fourth-order valence-electron chi connectivity index (χ4n) is 3.36. The van der Waals surface area contributed by atoms with Gasteiger partial charge in [-0.25, -0.2) is 4.79 Å². The molecule has 0 aromatic heterocycles. The van der Waals surface area contributed by atoms with Gasteiger partial charge in [-0.3, -0.25) is 0 Å². The Labute approximate surface area is 186 Å². The molecule has 0 aliphatic carbocycles. The molecule has 0 aliphatic rings. The first-order valence-electron chi connectivity index (χ1n) is 11.1. The lowest BCUT2D eigenvalue weighted by molar-refractivity contribution is 0.0120. The number of hydrogen-bond donors (Lipinski definition) is 0. The average Bonchev–Trinajstić information content (AvgIpc) is 2.85. The van der Waals surface area contributed by atoms with Crippen molar-refractivity contribution >= 4 is 6.16 Å². The molecule has 0 saturated heterocycles. The second-order valence-corrected chi connectivity index (χ2v) is 6.69. The van der Waals surface area contributed by atoms with Gasteiger partial charge in [0.15, 0.2) is 6.56 Å². The van der Waals surface area contributed by atoms with Gasteiger partial charge in [-0.1, -0.05) is 103 Å². The van der Waals surface area contributed by atoms with Gasteiger partial charge in [-0.2, -0.15) is 0 Å². The fraction of sp³-hybridized carbons (Fsp3) is 0.222. The highest BCUT2D eigenvalue weighted by Gasteiger charge is 2.37. The number of methoxy groups -OCH3 is 1. The Balaban J connectivity index is 1.82. The van der Waals surface area contributed by atoms with Crippen molar-refractivity contribution in [1.29, 1.82) is 0 Å². The largest absolute Gasteiger partial charge is 0.508 e. The Kier molecular flexibility index (Phi) is 7.26. The highest BCUT2D eigenvalue weighted by atomic mass is 16.7. The molecule has 3 aromatic rings. The van der Waals surface area contributed by atoms with E-state index < -0.39 is 18.3 Å². The Morgan fingerprint density at radius 1 is 0.839 bits per heavy atom. The number of unbranched alkanes of at least 4 members (excludes halogenated alkanes) is 1. The summed E-state index contributed by atoms with van der Waals surface area (Å²) < 4.78 is 30.7. The predicted octanol–water partition coefficient (Wildman–Crippen LogP) is 5.56. The Morgan fingerprint density at radius 2 is 1.32 bits per heavy atom. The maximum Gasteiger partial charge on any atom is 0.508 e. The lowest BCUT2D eigenvalue weighted by Gasteiger charge is -2.36. The summed E-state index contributed by atoms with van der Waals surface area (Å²) in [6.45, 7) is -2.02. The number of carbonyl (C=O) groups is 1. The summed E-state index contributed by atoms with van der Waals surface area (Å²) in [5, 5.41) is 0. The van der Waals surface area contributed by atoms with Gasteiger partial charge in [0.05, 0.1) is 9.85 Å². The van der Waals surface area contributed by atoms with E-state index in [1.54, 1.807) is 0 Å². The van der Waals surface area contributed by atoms with Crippen molar-refractivity contribution in [1.82, 2.24) is 0 Å². The van der Waals surface area contributed by atoms with Gasteiger partial charge in [0.2, 0.25) is 0 Å². The molecule has 0 unspecified atom stereocenters. The third-order valence-corrected chi connectivity index (χ3v) is 4.75. The van der Waals surface area contributed by atoms with Crippen LogP contribution in [0.2, 0.25) is 0 Å². The second kappa shape index (κ2) is 11.6. The maximum atomic E-state index is 11.1. The summed E-state index contributed by atoms with van der Waals surface area (Å²) in [6, 6.07) is 30.2. The van der Waals surface area contributed by atoms with Gasteiger partial charge in [0, 0.05) is 13.0 Å². The van der Waals surface area contributed by atoms with Crippen molar-refractivity contribution in [2.45, 2.75) is 18.4 Å². The van der Waals surface area contributed by atoms with Gasteiger partial charge < -0.3 is 14.2 Å². The molecule has 0 aliphatic heterocycles. The average molecular weight is 417 g/mol. The third kappa shape index (κ3) is 5.75. The molecule has 0 N–H and O–H groups in total. The molecule has 0 heterocycles. The van der Waals surface area contributed by atoms with Crippen LogP contribution in [0.3, 0.4) is 0 Å². The van der Waals surface area contributed by atoms with E-state index >= 15 is 0 Å². The number of hydrogen-bond acceptors (Lipinski definition) is 4. The Bertz CT molecular complexity index is 978. The molecular formula is C27H26O4. The van der Waals surface area contributed by atoms with Crippen LogP contribution in [0, 0.1) is 11.8 Å². The lowest BCUT2D eigenvalue weighted by atomic mass is 9.80. The monoisotopic (exact) mass is 416 g/mol. The lowest BCUT2D eigenvalue weighted by Crippen LogP contribution is -2.33. The summed E-state index contributed by atoms with van der Waals surface area (Å²) in [6.07, 6.45) is -0.176. The minimum Gasteiger partial charge on any atom is -0.438 e. The van der Waals surface area contributed by atoms with Crippen molar-refractivity contribution in [2.24, 2.45) is 0 Å². The van der Waals surface area contributed by atoms with E-state index in [1.165, 1.54) is 0 Å². The second-order valence-electron chi connectivity index (χ2n) is 6.69. The van der Waals surface area contributed by atoms with E-state index in [4.69, 9.17) is 7.48 Å². The van der Waals surface area contributed by atoms with Crippen LogP contribution in [0.5, 0.6) is 0 Å². The normalized spacial score (nSPS) is 12.0. The molecular weight excluding hydrogens is 388 g/mol. The Hall–Kier alpha value is -3.55. The number of ether oxygens (including phenoxy) is 3. The minimum atomic E-state index is -2.41. The van der Waals surface area contributed by atoms with Crippen LogP contribution in [-0.4, -0.2) is 26.4 Å². The molecule has 0 saturated carbocycles. The van der Waals surface area contributed by atoms with Gasteiger partial charge in [-0.15, -0.1) is 0 Å². The number of benzene rings is 3. The highest BCUT2D eigenvalue weighted by Crippen LogP contribution is 2.40. The molecule has 3 rings (SSSR count). The Morgan fingerprint density at radius 3 is 1.77 bits per heavy atom. The quantitative estimate of drug-likeness (QED) is 0.209. The van der Waals surface area contributed by atoms with Gasteiger partial charge in [0.25, 0.3) is 0 Å². The first-order valence-corrected chi connectivity index (χ1v) is 10.1. The summed E-state index contributed by atoms with van der Waals surface area (Å²) in [5.41, 5.74) is 2.23. The van der Waals surface area contributed by atoms with Gasteiger partial charge >= 0.3 is 6.16 Å². The molecule has 158 valence electrons. The molecule has 0 bridgehead atoms. The number of rotatable bonds is 8. The van der Waals surface area contributed by atoms with Crippen LogP contribution in [0.1, 0.15) is 32.3 Å². The zero-order chi connectivity index (χ0) is 23.6. The van der Waals surface area contributed by atoms with E-state index in [-0.39, 0.29) is 0 Å². The zero-order valence-corrected chi connectivity index (χ0v) is 17.4. The molecule has 0 spiro atoms. The minimum absolute atomic E-state index is 0.374. The standard InChI is InChI=1S/C27H26O4/c1-29-26(28)30-21-13-2-3-14-22-31-27(23-15-7-4-8-16-23,24-17-9-5-10-18-24)25-19-11-6-12-20-25/h4-12,15-20H,3,14,21-22H2,1H3/i21D2. The first-order chi connectivity index (χ1) is 16.0. The van der Waals surface area contributed by atoms with E-state index in [0.29, 0.717) is 19.4 Å². The molecule has 0 amide bonds. The highest BCUT2D eigenvalue weighted by molar-refractivity contribution is 5.59. The van der Waals surface area contributed by atoms with Crippen LogP contribution in [0.15, 0.2) is 91.0 Å². The molecule has 0 radical (unpaired) electrons. The SMILES string of the molecule is [2H]C([2H])(C#CCCCOC(c1ccccc1)(c1ccccc1)c1ccccc1)OC(=O)OC. The van der Waals surface area contributed by atoms with Crippen LogP contribution >= 0.6 is 0 Å². The van der Waals surface area contributed by atoms with E-state index in [2.05, 4.69) is 57.7 Å². The van der Waals surface area contributed by atoms with Crippen LogP contribution in [0.25, 0.3) is 0 Å².